The molecule has 0 atom stereocenters. The molecule has 0 heterocycles. The number of hydrogen-bond acceptors (Lipinski definition) is 2. The zero-order chi connectivity index (χ0) is 12.8. The summed E-state index contributed by atoms with van der Waals surface area (Å²) < 4.78 is 0. The van der Waals surface area contributed by atoms with Crippen LogP contribution in [-0.4, -0.2) is 19.0 Å². The van der Waals surface area contributed by atoms with E-state index in [1.54, 1.807) is 0 Å². The predicted octanol–water partition coefficient (Wildman–Crippen LogP) is 2.59. The summed E-state index contributed by atoms with van der Waals surface area (Å²) >= 11 is 0. The van der Waals surface area contributed by atoms with Gasteiger partial charge < -0.3 is 11.1 Å². The van der Waals surface area contributed by atoms with Crippen molar-refractivity contribution in [2.45, 2.75) is 64.2 Å². The molecule has 0 spiro atoms. The van der Waals surface area contributed by atoms with Gasteiger partial charge in [-0.25, -0.2) is 0 Å². The molecule has 2 fully saturated rings. The normalized spacial score (nSPS) is 24.1. The van der Waals surface area contributed by atoms with Gasteiger partial charge in [-0.2, -0.15) is 0 Å². The van der Waals surface area contributed by atoms with E-state index in [4.69, 9.17) is 5.73 Å². The summed E-state index contributed by atoms with van der Waals surface area (Å²) in [4.78, 5) is 12.2. The molecular formula is C15H28N2O. The molecule has 2 aliphatic carbocycles. The predicted molar refractivity (Wildman–Crippen MR) is 74.2 cm³/mol. The molecule has 104 valence electrons. The van der Waals surface area contributed by atoms with E-state index in [2.05, 4.69) is 5.32 Å². The third kappa shape index (κ3) is 3.98. The molecule has 0 bridgehead atoms. The highest BCUT2D eigenvalue weighted by atomic mass is 16.1. The van der Waals surface area contributed by atoms with Crippen molar-refractivity contribution in [3.8, 4) is 0 Å². The highest BCUT2D eigenvalue weighted by Crippen LogP contribution is 2.47. The fourth-order valence-corrected chi connectivity index (χ4v) is 3.14. The summed E-state index contributed by atoms with van der Waals surface area (Å²) in [6.45, 7) is 1.61. The lowest BCUT2D eigenvalue weighted by molar-refractivity contribution is -0.125. The Labute approximate surface area is 111 Å². The maximum absolute atomic E-state index is 12.2. The van der Waals surface area contributed by atoms with Gasteiger partial charge in [0.1, 0.15) is 0 Å². The second-order valence-electron chi connectivity index (χ2n) is 6.30. The highest BCUT2D eigenvalue weighted by Gasteiger charge is 2.41. The molecule has 18 heavy (non-hydrogen) atoms. The molecular weight excluding hydrogens is 224 g/mol. The van der Waals surface area contributed by atoms with Crippen LogP contribution in [0, 0.1) is 11.3 Å². The van der Waals surface area contributed by atoms with Crippen LogP contribution in [0.25, 0.3) is 0 Å². The molecule has 0 radical (unpaired) electrons. The molecule has 3 nitrogen and oxygen atoms in total. The van der Waals surface area contributed by atoms with E-state index < -0.39 is 0 Å². The Morgan fingerprint density at radius 1 is 1.11 bits per heavy atom. The summed E-state index contributed by atoms with van der Waals surface area (Å²) in [5.74, 6) is 0.583. The van der Waals surface area contributed by atoms with Crippen LogP contribution in [0.1, 0.15) is 64.2 Å². The van der Waals surface area contributed by atoms with E-state index in [1.165, 1.54) is 44.9 Å². The van der Waals surface area contributed by atoms with Crippen molar-refractivity contribution >= 4 is 5.91 Å². The molecule has 2 aliphatic rings. The lowest BCUT2D eigenvalue weighted by Crippen LogP contribution is -2.36. The van der Waals surface area contributed by atoms with Gasteiger partial charge >= 0.3 is 0 Å². The second kappa shape index (κ2) is 6.55. The van der Waals surface area contributed by atoms with E-state index in [0.717, 1.165) is 32.4 Å². The van der Waals surface area contributed by atoms with Crippen LogP contribution in [0.15, 0.2) is 0 Å². The molecule has 0 aromatic carbocycles. The minimum Gasteiger partial charge on any atom is -0.355 e. The van der Waals surface area contributed by atoms with E-state index in [0.29, 0.717) is 11.3 Å². The SMILES string of the molecule is NCCC1(CNC(=O)C2CCCCCCC2)CC1. The van der Waals surface area contributed by atoms with Crippen LogP contribution in [0.5, 0.6) is 0 Å². The molecule has 0 aromatic heterocycles. The van der Waals surface area contributed by atoms with Gasteiger partial charge in [-0.15, -0.1) is 0 Å². The molecule has 2 saturated carbocycles. The first-order chi connectivity index (χ1) is 8.76. The van der Waals surface area contributed by atoms with Crippen LogP contribution in [0.3, 0.4) is 0 Å². The van der Waals surface area contributed by atoms with Gasteiger partial charge in [0.05, 0.1) is 0 Å². The Morgan fingerprint density at radius 2 is 1.72 bits per heavy atom. The van der Waals surface area contributed by atoms with Crippen LogP contribution in [0.2, 0.25) is 0 Å². The monoisotopic (exact) mass is 252 g/mol. The first kappa shape index (κ1) is 13.9. The van der Waals surface area contributed by atoms with Crippen molar-refractivity contribution < 1.29 is 4.79 Å². The molecule has 0 unspecified atom stereocenters. The smallest absolute Gasteiger partial charge is 0.223 e. The Hall–Kier alpha value is -0.570. The Kier molecular flexibility index (Phi) is 5.04. The third-order valence-corrected chi connectivity index (χ3v) is 4.75. The molecule has 1 amide bonds. The summed E-state index contributed by atoms with van der Waals surface area (Å²) in [6, 6.07) is 0. The number of nitrogens with one attached hydrogen (secondary N) is 1. The van der Waals surface area contributed by atoms with E-state index in [-0.39, 0.29) is 5.92 Å². The lowest BCUT2D eigenvalue weighted by Gasteiger charge is -2.21. The first-order valence-electron chi connectivity index (χ1n) is 7.74. The number of rotatable bonds is 5. The third-order valence-electron chi connectivity index (χ3n) is 4.75. The van der Waals surface area contributed by atoms with E-state index >= 15 is 0 Å². The van der Waals surface area contributed by atoms with Crippen LogP contribution < -0.4 is 11.1 Å². The van der Waals surface area contributed by atoms with Crippen molar-refractivity contribution in [2.24, 2.45) is 17.1 Å². The van der Waals surface area contributed by atoms with Gasteiger partial charge in [-0.05, 0) is 44.1 Å². The van der Waals surface area contributed by atoms with Gasteiger partial charge in [0.2, 0.25) is 5.91 Å². The minimum atomic E-state index is 0.277. The molecule has 0 aliphatic heterocycles. The first-order valence-corrected chi connectivity index (χ1v) is 7.74. The lowest BCUT2D eigenvalue weighted by atomic mass is 9.90. The van der Waals surface area contributed by atoms with Gasteiger partial charge in [0, 0.05) is 12.5 Å². The Balaban J connectivity index is 1.72. The van der Waals surface area contributed by atoms with E-state index in [9.17, 15) is 4.79 Å². The van der Waals surface area contributed by atoms with Gasteiger partial charge in [0.25, 0.3) is 0 Å². The molecule has 3 heteroatoms. The number of nitrogens with two attached hydrogens (primary N) is 1. The number of carbonyl (C=O) groups is 1. The quantitative estimate of drug-likeness (QED) is 0.790. The summed E-state index contributed by atoms with van der Waals surface area (Å²) in [6.07, 6.45) is 12.2. The molecule has 3 N–H and O–H groups in total. The van der Waals surface area contributed by atoms with Crippen LogP contribution in [0.4, 0.5) is 0 Å². The number of amides is 1. The largest absolute Gasteiger partial charge is 0.355 e. The van der Waals surface area contributed by atoms with E-state index in [1.807, 2.05) is 0 Å². The Bertz CT molecular complexity index is 266. The summed E-state index contributed by atoms with van der Waals surface area (Å²) in [5.41, 5.74) is 6.00. The summed E-state index contributed by atoms with van der Waals surface area (Å²) in [7, 11) is 0. The Morgan fingerprint density at radius 3 is 2.28 bits per heavy atom. The standard InChI is InChI=1S/C15H28N2O/c16-11-10-15(8-9-15)12-17-14(18)13-6-4-2-1-3-5-7-13/h13H,1-12,16H2,(H,17,18). The van der Waals surface area contributed by atoms with Crippen molar-refractivity contribution in [3.63, 3.8) is 0 Å². The molecule has 0 saturated heterocycles. The fourth-order valence-electron chi connectivity index (χ4n) is 3.14. The van der Waals surface area contributed by atoms with Crippen molar-refractivity contribution in [1.29, 1.82) is 0 Å². The van der Waals surface area contributed by atoms with Crippen LogP contribution in [-0.2, 0) is 4.79 Å². The number of hydrogen-bond donors (Lipinski definition) is 2. The number of carbonyl (C=O) groups excluding carboxylic acids is 1. The zero-order valence-electron chi connectivity index (χ0n) is 11.5. The highest BCUT2D eigenvalue weighted by molar-refractivity contribution is 5.78. The van der Waals surface area contributed by atoms with Crippen molar-refractivity contribution in [1.82, 2.24) is 5.32 Å². The summed E-state index contributed by atoms with van der Waals surface area (Å²) in [5, 5.41) is 3.19. The average molecular weight is 252 g/mol. The van der Waals surface area contributed by atoms with Crippen molar-refractivity contribution in [3.05, 3.63) is 0 Å². The van der Waals surface area contributed by atoms with Crippen LogP contribution >= 0.6 is 0 Å². The fraction of sp³-hybridized carbons (Fsp3) is 0.933. The van der Waals surface area contributed by atoms with Gasteiger partial charge in [0.15, 0.2) is 0 Å². The average Bonchev–Trinajstić information content (AvgIpc) is 3.07. The van der Waals surface area contributed by atoms with Gasteiger partial charge in [-0.3, -0.25) is 4.79 Å². The molecule has 2 rings (SSSR count). The maximum atomic E-state index is 12.2. The molecule has 0 aromatic rings. The second-order valence-corrected chi connectivity index (χ2v) is 6.30. The minimum absolute atomic E-state index is 0.277. The van der Waals surface area contributed by atoms with Crippen molar-refractivity contribution in [2.75, 3.05) is 13.1 Å². The van der Waals surface area contributed by atoms with Gasteiger partial charge in [-0.1, -0.05) is 32.1 Å². The topological polar surface area (TPSA) is 55.1 Å². The maximum Gasteiger partial charge on any atom is 0.223 e. The zero-order valence-corrected chi connectivity index (χ0v) is 11.5.